The molecule has 0 atom stereocenters. The van der Waals surface area contributed by atoms with Gasteiger partial charge in [0, 0.05) is 27.7 Å². The van der Waals surface area contributed by atoms with Gasteiger partial charge in [-0.15, -0.1) is 11.3 Å². The number of thiophene rings is 1. The van der Waals surface area contributed by atoms with E-state index < -0.39 is 0 Å². The lowest BCUT2D eigenvalue weighted by molar-refractivity contribution is 0.727. The Morgan fingerprint density at radius 2 is 2.04 bits per heavy atom. The van der Waals surface area contributed by atoms with Gasteiger partial charge in [0.2, 0.25) is 0 Å². The molecule has 0 bridgehead atoms. The minimum atomic E-state index is 0.00144. The molecular weight excluding hydrogens is 371 g/mol. The summed E-state index contributed by atoms with van der Waals surface area (Å²) in [6.45, 7) is 3.99. The van der Waals surface area contributed by atoms with E-state index in [2.05, 4.69) is 4.98 Å². The Morgan fingerprint density at radius 3 is 2.74 bits per heavy atom. The molecule has 3 rings (SSSR count). The van der Waals surface area contributed by atoms with Gasteiger partial charge in [-0.1, -0.05) is 41.0 Å². The molecule has 0 N–H and O–H groups in total. The molecule has 0 aliphatic rings. The molecule has 2 aromatic heterocycles. The number of aromatic nitrogens is 2. The van der Waals surface area contributed by atoms with Gasteiger partial charge in [-0.2, -0.15) is 0 Å². The Balaban J connectivity index is 1.97. The summed E-state index contributed by atoms with van der Waals surface area (Å²) in [5.74, 6) is 0.630. The zero-order valence-corrected chi connectivity index (χ0v) is 16.0. The second-order valence-corrected chi connectivity index (χ2v) is 8.24. The summed E-state index contributed by atoms with van der Waals surface area (Å²) in [6.07, 6.45) is 0. The van der Waals surface area contributed by atoms with E-state index >= 15 is 0 Å². The summed E-state index contributed by atoms with van der Waals surface area (Å²) < 4.78 is 1.61. The maximum Gasteiger partial charge on any atom is 0.262 e. The van der Waals surface area contributed by atoms with Crippen LogP contribution < -0.4 is 5.56 Å². The maximum atomic E-state index is 12.6. The van der Waals surface area contributed by atoms with Crippen molar-refractivity contribution >= 4 is 56.5 Å². The molecule has 0 saturated carbocycles. The molecule has 3 nitrogen and oxygen atoms in total. The summed E-state index contributed by atoms with van der Waals surface area (Å²) in [7, 11) is 1.76. The van der Waals surface area contributed by atoms with Crippen molar-refractivity contribution in [2.75, 3.05) is 0 Å². The third-order valence-electron chi connectivity index (χ3n) is 3.74. The fraction of sp³-hybridized carbons (Fsp3) is 0.250. The second-order valence-electron chi connectivity index (χ2n) is 5.25. The Morgan fingerprint density at radius 1 is 1.30 bits per heavy atom. The standard InChI is InChI=1S/C16H14Cl2N2OS2/c1-8-9(2)23-14-13(8)15(21)20(3)16(19-14)22-7-10-4-5-11(17)6-12(10)18/h4-6H,7H2,1-3H3. The van der Waals surface area contributed by atoms with E-state index in [1.807, 2.05) is 26.0 Å². The average Bonchev–Trinajstić information content (AvgIpc) is 2.78. The zero-order valence-electron chi connectivity index (χ0n) is 12.8. The first-order chi connectivity index (χ1) is 10.9. The van der Waals surface area contributed by atoms with Gasteiger partial charge in [0.1, 0.15) is 4.83 Å². The van der Waals surface area contributed by atoms with Gasteiger partial charge >= 0.3 is 0 Å². The van der Waals surface area contributed by atoms with Gasteiger partial charge in [-0.05, 0) is 37.1 Å². The zero-order chi connectivity index (χ0) is 16.7. The first-order valence-corrected chi connectivity index (χ1v) is 9.47. The number of fused-ring (bicyclic) bond motifs is 1. The summed E-state index contributed by atoms with van der Waals surface area (Å²) in [4.78, 5) is 19.2. The lowest BCUT2D eigenvalue weighted by atomic mass is 10.2. The topological polar surface area (TPSA) is 34.9 Å². The Hall–Kier alpha value is -1.01. The number of rotatable bonds is 3. The molecule has 0 radical (unpaired) electrons. The number of benzene rings is 1. The first-order valence-electron chi connectivity index (χ1n) is 6.92. The van der Waals surface area contributed by atoms with Crippen LogP contribution in [-0.4, -0.2) is 9.55 Å². The maximum absolute atomic E-state index is 12.6. The molecule has 0 fully saturated rings. The quantitative estimate of drug-likeness (QED) is 0.459. The minimum Gasteiger partial charge on any atom is -0.290 e. The van der Waals surface area contributed by atoms with E-state index in [-0.39, 0.29) is 5.56 Å². The van der Waals surface area contributed by atoms with Crippen LogP contribution in [0.3, 0.4) is 0 Å². The third-order valence-corrected chi connectivity index (χ3v) is 6.51. The predicted molar refractivity (Wildman–Crippen MR) is 100 cm³/mol. The molecule has 1 aromatic carbocycles. The van der Waals surface area contributed by atoms with E-state index in [1.54, 1.807) is 29.0 Å². The van der Waals surface area contributed by atoms with Crippen molar-refractivity contribution < 1.29 is 0 Å². The van der Waals surface area contributed by atoms with Crippen LogP contribution in [0.2, 0.25) is 10.0 Å². The van der Waals surface area contributed by atoms with Gasteiger partial charge in [0.25, 0.3) is 5.56 Å². The van der Waals surface area contributed by atoms with Crippen LogP contribution in [0.25, 0.3) is 10.2 Å². The van der Waals surface area contributed by atoms with Gasteiger partial charge in [0.15, 0.2) is 5.16 Å². The van der Waals surface area contributed by atoms with Crippen molar-refractivity contribution in [3.8, 4) is 0 Å². The number of thioether (sulfide) groups is 1. The smallest absolute Gasteiger partial charge is 0.262 e. The number of halogens is 2. The fourth-order valence-corrected chi connectivity index (χ4v) is 4.87. The summed E-state index contributed by atoms with van der Waals surface area (Å²) >= 11 is 15.2. The van der Waals surface area contributed by atoms with Crippen LogP contribution >= 0.6 is 46.3 Å². The molecule has 0 amide bonds. The van der Waals surface area contributed by atoms with Crippen LogP contribution in [-0.2, 0) is 12.8 Å². The monoisotopic (exact) mass is 384 g/mol. The first kappa shape index (κ1) is 16.8. The van der Waals surface area contributed by atoms with Crippen molar-refractivity contribution in [2.24, 2.45) is 7.05 Å². The molecule has 23 heavy (non-hydrogen) atoms. The van der Waals surface area contributed by atoms with E-state index in [0.717, 1.165) is 26.2 Å². The van der Waals surface area contributed by atoms with Crippen molar-refractivity contribution in [3.05, 3.63) is 54.6 Å². The SMILES string of the molecule is Cc1sc2nc(SCc3ccc(Cl)cc3Cl)n(C)c(=O)c2c1C. The van der Waals surface area contributed by atoms with E-state index in [9.17, 15) is 4.79 Å². The largest absolute Gasteiger partial charge is 0.290 e. The van der Waals surface area contributed by atoms with Crippen LogP contribution in [0.4, 0.5) is 0 Å². The summed E-state index contributed by atoms with van der Waals surface area (Å²) in [5, 5.41) is 2.65. The number of hydrogen-bond donors (Lipinski definition) is 0. The highest BCUT2D eigenvalue weighted by Gasteiger charge is 2.15. The molecule has 7 heteroatoms. The molecule has 0 saturated heterocycles. The summed E-state index contributed by atoms with van der Waals surface area (Å²) in [5.41, 5.74) is 1.99. The number of nitrogens with zero attached hydrogens (tertiary/aromatic N) is 2. The number of aryl methyl sites for hydroxylation is 2. The molecule has 120 valence electrons. The van der Waals surface area contributed by atoms with E-state index in [4.69, 9.17) is 23.2 Å². The highest BCUT2D eigenvalue weighted by atomic mass is 35.5. The average molecular weight is 385 g/mol. The van der Waals surface area contributed by atoms with E-state index in [0.29, 0.717) is 21.0 Å². The molecule has 0 spiro atoms. The van der Waals surface area contributed by atoms with E-state index in [1.165, 1.54) is 11.8 Å². The molecule has 2 heterocycles. The minimum absolute atomic E-state index is 0.00144. The van der Waals surface area contributed by atoms with Gasteiger partial charge in [-0.3, -0.25) is 9.36 Å². The van der Waals surface area contributed by atoms with Crippen molar-refractivity contribution in [1.29, 1.82) is 0 Å². The molecule has 0 aliphatic heterocycles. The Bertz CT molecular complexity index is 963. The van der Waals surface area contributed by atoms with Crippen LogP contribution in [0.1, 0.15) is 16.0 Å². The van der Waals surface area contributed by atoms with Crippen molar-refractivity contribution in [1.82, 2.24) is 9.55 Å². The van der Waals surface area contributed by atoms with Crippen LogP contribution in [0, 0.1) is 13.8 Å². The van der Waals surface area contributed by atoms with Gasteiger partial charge in [-0.25, -0.2) is 4.98 Å². The lowest BCUT2D eigenvalue weighted by Crippen LogP contribution is -2.19. The Labute approximate surface area is 152 Å². The highest BCUT2D eigenvalue weighted by Crippen LogP contribution is 2.30. The van der Waals surface area contributed by atoms with Crippen LogP contribution in [0.15, 0.2) is 28.2 Å². The fourth-order valence-electron chi connectivity index (χ4n) is 2.27. The van der Waals surface area contributed by atoms with Crippen molar-refractivity contribution in [3.63, 3.8) is 0 Å². The Kier molecular flexibility index (Phi) is 4.74. The number of hydrogen-bond acceptors (Lipinski definition) is 4. The molecule has 3 aromatic rings. The third kappa shape index (κ3) is 3.15. The predicted octanol–water partition coefficient (Wildman–Crippen LogP) is 5.21. The lowest BCUT2D eigenvalue weighted by Gasteiger charge is -2.08. The molecule has 0 aliphatic carbocycles. The van der Waals surface area contributed by atoms with Crippen molar-refractivity contribution in [2.45, 2.75) is 24.8 Å². The van der Waals surface area contributed by atoms with Crippen LogP contribution in [0.5, 0.6) is 0 Å². The highest BCUT2D eigenvalue weighted by molar-refractivity contribution is 7.98. The van der Waals surface area contributed by atoms with Gasteiger partial charge < -0.3 is 0 Å². The molecule has 0 unspecified atom stereocenters. The summed E-state index contributed by atoms with van der Waals surface area (Å²) in [6, 6.07) is 5.43. The normalized spacial score (nSPS) is 11.3. The van der Waals surface area contributed by atoms with Gasteiger partial charge in [0.05, 0.1) is 5.39 Å². The second kappa shape index (κ2) is 6.48. The molecular formula is C16H14Cl2N2OS2.